The first-order valence-electron chi connectivity index (χ1n) is 3.68. The molecule has 0 aliphatic rings. The normalized spacial score (nSPS) is 12.0. The maximum atomic E-state index is 11.9. The predicted octanol–water partition coefficient (Wildman–Crippen LogP) is -0.601. The highest BCUT2D eigenvalue weighted by Crippen LogP contribution is 2.05. The SMILES string of the molecule is N#CCS(=O)(=O)N(CCO)CC(F)F. The fourth-order valence-corrected chi connectivity index (χ4v) is 1.83. The Balaban J connectivity index is 4.57. The second kappa shape index (κ2) is 5.85. The highest BCUT2D eigenvalue weighted by Gasteiger charge is 2.24. The van der Waals surface area contributed by atoms with Crippen LogP contribution in [0.5, 0.6) is 0 Å². The van der Waals surface area contributed by atoms with Crippen molar-refractivity contribution in [3.05, 3.63) is 0 Å². The molecule has 0 unspecified atom stereocenters. The average Bonchev–Trinajstić information content (AvgIpc) is 2.02. The van der Waals surface area contributed by atoms with Gasteiger partial charge in [0.05, 0.1) is 19.2 Å². The summed E-state index contributed by atoms with van der Waals surface area (Å²) >= 11 is 0. The van der Waals surface area contributed by atoms with E-state index < -0.39 is 41.9 Å². The number of alkyl halides is 2. The monoisotopic (exact) mass is 228 g/mol. The van der Waals surface area contributed by atoms with E-state index in [1.807, 2.05) is 0 Å². The van der Waals surface area contributed by atoms with Gasteiger partial charge in [0.25, 0.3) is 6.43 Å². The van der Waals surface area contributed by atoms with Gasteiger partial charge in [-0.1, -0.05) is 0 Å². The molecule has 14 heavy (non-hydrogen) atoms. The summed E-state index contributed by atoms with van der Waals surface area (Å²) in [4.78, 5) is 0. The molecule has 1 N–H and O–H groups in total. The number of rotatable bonds is 6. The van der Waals surface area contributed by atoms with E-state index in [1.54, 1.807) is 0 Å². The molecule has 0 fully saturated rings. The Morgan fingerprint density at radius 3 is 2.43 bits per heavy atom. The van der Waals surface area contributed by atoms with Crippen LogP contribution in [-0.2, 0) is 10.0 Å². The van der Waals surface area contributed by atoms with E-state index in [-0.39, 0.29) is 0 Å². The molecule has 0 spiro atoms. The van der Waals surface area contributed by atoms with Crippen molar-refractivity contribution in [1.29, 1.82) is 5.26 Å². The molecule has 0 rings (SSSR count). The molecule has 0 aromatic carbocycles. The van der Waals surface area contributed by atoms with Crippen molar-refractivity contribution in [3.8, 4) is 6.07 Å². The molecular formula is C6H10F2N2O3S. The Bertz CT molecular complexity index is 299. The molecule has 0 aromatic rings. The Hall–Kier alpha value is -0.780. The first kappa shape index (κ1) is 13.2. The van der Waals surface area contributed by atoms with Crippen LogP contribution in [-0.4, -0.2) is 49.7 Å². The fraction of sp³-hybridized carbons (Fsp3) is 0.833. The van der Waals surface area contributed by atoms with E-state index in [0.29, 0.717) is 4.31 Å². The summed E-state index contributed by atoms with van der Waals surface area (Å²) in [6.45, 7) is -1.98. The standard InChI is InChI=1S/C6H10F2N2O3S/c7-6(8)5-10(2-3-11)14(12,13)4-1-9/h6,11H,2-5H2. The number of hydrogen-bond acceptors (Lipinski definition) is 4. The molecule has 0 aliphatic heterocycles. The van der Waals surface area contributed by atoms with E-state index in [2.05, 4.69) is 0 Å². The summed E-state index contributed by atoms with van der Waals surface area (Å²) in [7, 11) is -4.00. The molecule has 8 heteroatoms. The molecule has 0 bridgehead atoms. The van der Waals surface area contributed by atoms with E-state index in [4.69, 9.17) is 10.4 Å². The van der Waals surface area contributed by atoms with Crippen LogP contribution in [0.3, 0.4) is 0 Å². The number of aliphatic hydroxyl groups excluding tert-OH is 1. The van der Waals surface area contributed by atoms with Gasteiger partial charge in [-0.05, 0) is 0 Å². The molecule has 0 amide bonds. The lowest BCUT2D eigenvalue weighted by atomic mass is 10.6. The van der Waals surface area contributed by atoms with Crippen LogP contribution < -0.4 is 0 Å². The number of halogens is 2. The third kappa shape index (κ3) is 4.45. The van der Waals surface area contributed by atoms with Crippen LogP contribution in [0.15, 0.2) is 0 Å². The molecular weight excluding hydrogens is 218 g/mol. The van der Waals surface area contributed by atoms with Gasteiger partial charge in [0.1, 0.15) is 0 Å². The lowest BCUT2D eigenvalue weighted by molar-refractivity contribution is 0.113. The summed E-state index contributed by atoms with van der Waals surface area (Å²) in [5.74, 6) is -0.861. The van der Waals surface area contributed by atoms with E-state index in [0.717, 1.165) is 0 Å². The maximum Gasteiger partial charge on any atom is 0.252 e. The van der Waals surface area contributed by atoms with Crippen molar-refractivity contribution in [1.82, 2.24) is 4.31 Å². The molecule has 0 aliphatic carbocycles. The molecule has 0 aromatic heterocycles. The molecule has 0 heterocycles. The minimum Gasteiger partial charge on any atom is -0.395 e. The van der Waals surface area contributed by atoms with Gasteiger partial charge >= 0.3 is 0 Å². The van der Waals surface area contributed by atoms with Crippen LogP contribution in [0.1, 0.15) is 0 Å². The Labute approximate surface area is 80.6 Å². The number of nitrogens with zero attached hydrogens (tertiary/aromatic N) is 2. The van der Waals surface area contributed by atoms with Crippen molar-refractivity contribution in [3.63, 3.8) is 0 Å². The molecule has 0 atom stereocenters. The topological polar surface area (TPSA) is 81.4 Å². The Morgan fingerprint density at radius 1 is 1.50 bits per heavy atom. The zero-order valence-corrected chi connectivity index (χ0v) is 8.04. The lowest BCUT2D eigenvalue weighted by Crippen LogP contribution is -2.38. The Morgan fingerprint density at radius 2 is 2.07 bits per heavy atom. The summed E-state index contributed by atoms with van der Waals surface area (Å²) in [6, 6.07) is 1.36. The molecule has 5 nitrogen and oxygen atoms in total. The number of aliphatic hydroxyl groups is 1. The summed E-state index contributed by atoms with van der Waals surface area (Å²) < 4.78 is 46.5. The zero-order valence-electron chi connectivity index (χ0n) is 7.23. The van der Waals surface area contributed by atoms with Crippen molar-refractivity contribution < 1.29 is 22.3 Å². The smallest absolute Gasteiger partial charge is 0.252 e. The molecule has 0 radical (unpaired) electrons. The largest absolute Gasteiger partial charge is 0.395 e. The van der Waals surface area contributed by atoms with Gasteiger partial charge in [-0.3, -0.25) is 0 Å². The molecule has 82 valence electrons. The summed E-state index contributed by atoms with van der Waals surface area (Å²) in [5, 5.41) is 16.6. The summed E-state index contributed by atoms with van der Waals surface area (Å²) in [5.41, 5.74) is 0. The third-order valence-corrected chi connectivity index (χ3v) is 2.94. The van der Waals surface area contributed by atoms with Gasteiger partial charge in [0.15, 0.2) is 5.75 Å². The lowest BCUT2D eigenvalue weighted by Gasteiger charge is -2.18. The number of sulfonamides is 1. The van der Waals surface area contributed by atoms with Gasteiger partial charge in [0.2, 0.25) is 10.0 Å². The molecule has 0 saturated heterocycles. The van der Waals surface area contributed by atoms with Gasteiger partial charge in [-0.25, -0.2) is 17.2 Å². The van der Waals surface area contributed by atoms with Crippen molar-refractivity contribution in [2.45, 2.75) is 6.43 Å². The molecule has 0 saturated carbocycles. The van der Waals surface area contributed by atoms with Gasteiger partial charge in [0, 0.05) is 6.54 Å². The predicted molar refractivity (Wildman–Crippen MR) is 44.1 cm³/mol. The quantitative estimate of drug-likeness (QED) is 0.658. The van der Waals surface area contributed by atoms with Crippen LogP contribution in [0.4, 0.5) is 8.78 Å². The van der Waals surface area contributed by atoms with E-state index in [9.17, 15) is 17.2 Å². The zero-order chi connectivity index (χ0) is 11.2. The first-order valence-corrected chi connectivity index (χ1v) is 5.28. The van der Waals surface area contributed by atoms with E-state index in [1.165, 1.54) is 6.07 Å². The third-order valence-electron chi connectivity index (χ3n) is 1.33. The second-order valence-corrected chi connectivity index (χ2v) is 4.36. The Kier molecular flexibility index (Phi) is 5.52. The van der Waals surface area contributed by atoms with Gasteiger partial charge in [-0.15, -0.1) is 0 Å². The highest BCUT2D eigenvalue weighted by atomic mass is 32.2. The van der Waals surface area contributed by atoms with Crippen molar-refractivity contribution in [2.24, 2.45) is 0 Å². The number of nitriles is 1. The van der Waals surface area contributed by atoms with Gasteiger partial charge in [-0.2, -0.15) is 9.57 Å². The van der Waals surface area contributed by atoms with Crippen molar-refractivity contribution >= 4 is 10.0 Å². The minimum absolute atomic E-state index is 0.404. The highest BCUT2D eigenvalue weighted by molar-refractivity contribution is 7.89. The van der Waals surface area contributed by atoms with Crippen LogP contribution in [0.25, 0.3) is 0 Å². The number of hydrogen-bond donors (Lipinski definition) is 1. The fourth-order valence-electron chi connectivity index (χ4n) is 0.782. The maximum absolute atomic E-state index is 11.9. The van der Waals surface area contributed by atoms with Crippen molar-refractivity contribution in [2.75, 3.05) is 25.4 Å². The minimum atomic E-state index is -4.00. The second-order valence-electron chi connectivity index (χ2n) is 2.39. The van der Waals surface area contributed by atoms with Crippen LogP contribution in [0, 0.1) is 11.3 Å². The van der Waals surface area contributed by atoms with Gasteiger partial charge < -0.3 is 5.11 Å². The summed E-state index contributed by atoms with van der Waals surface area (Å²) in [6.07, 6.45) is -2.82. The van der Waals surface area contributed by atoms with Crippen LogP contribution in [0.2, 0.25) is 0 Å². The first-order chi connectivity index (χ1) is 6.44. The van der Waals surface area contributed by atoms with Crippen LogP contribution >= 0.6 is 0 Å². The van der Waals surface area contributed by atoms with E-state index >= 15 is 0 Å². The average molecular weight is 228 g/mol.